The summed E-state index contributed by atoms with van der Waals surface area (Å²) in [5.41, 5.74) is 2.33. The van der Waals surface area contributed by atoms with Gasteiger partial charge >= 0.3 is 6.03 Å². The van der Waals surface area contributed by atoms with Crippen LogP contribution in [0.5, 0.6) is 5.75 Å². The highest BCUT2D eigenvalue weighted by Gasteiger charge is 2.15. The van der Waals surface area contributed by atoms with Gasteiger partial charge in [0.05, 0.1) is 0 Å². The topological polar surface area (TPSA) is 64.6 Å². The van der Waals surface area contributed by atoms with E-state index in [0.29, 0.717) is 6.54 Å². The number of hydrogen-bond donors (Lipinski definition) is 3. The minimum absolute atomic E-state index is 0.0623. The number of aromatic hydroxyl groups is 1. The summed E-state index contributed by atoms with van der Waals surface area (Å²) in [4.78, 5) is 14.3. The molecule has 2 aromatic carbocycles. The van der Waals surface area contributed by atoms with E-state index >= 15 is 0 Å². The first kappa shape index (κ1) is 19.8. The number of hydrogen-bond acceptors (Lipinski definition) is 3. The fraction of sp³-hybridized carbons (Fsp3) is 0.381. The van der Waals surface area contributed by atoms with Crippen molar-refractivity contribution in [3.63, 3.8) is 0 Å². The fourth-order valence-electron chi connectivity index (χ4n) is 2.85. The van der Waals surface area contributed by atoms with Gasteiger partial charge in [-0.15, -0.1) is 0 Å². The predicted octanol–water partition coefficient (Wildman–Crippen LogP) is 2.80. The zero-order chi connectivity index (χ0) is 18.9. The molecule has 0 aromatic heterocycles. The van der Waals surface area contributed by atoms with Gasteiger partial charge in [0.25, 0.3) is 0 Å². The molecular formula is C21H29N3O2. The Hall–Kier alpha value is -2.53. The van der Waals surface area contributed by atoms with Gasteiger partial charge in [-0.2, -0.15) is 0 Å². The Balaban J connectivity index is 1.80. The SMILES string of the molecule is C[C@@H](Cc1ccccc1)NC(=O)NCC(Cc1ccc(O)cc1)N(C)C. The van der Waals surface area contributed by atoms with E-state index in [4.69, 9.17) is 0 Å². The van der Waals surface area contributed by atoms with Gasteiger partial charge in [0, 0.05) is 18.6 Å². The molecule has 140 valence electrons. The highest BCUT2D eigenvalue weighted by Crippen LogP contribution is 2.12. The number of urea groups is 1. The summed E-state index contributed by atoms with van der Waals surface area (Å²) in [6.07, 6.45) is 1.60. The van der Waals surface area contributed by atoms with Gasteiger partial charge < -0.3 is 20.6 Å². The average molecular weight is 355 g/mol. The zero-order valence-electron chi connectivity index (χ0n) is 15.8. The molecule has 0 fully saturated rings. The minimum Gasteiger partial charge on any atom is -0.508 e. The van der Waals surface area contributed by atoms with Gasteiger partial charge in [0.1, 0.15) is 5.75 Å². The van der Waals surface area contributed by atoms with E-state index in [9.17, 15) is 9.90 Å². The molecule has 1 unspecified atom stereocenters. The Morgan fingerprint density at radius 3 is 2.23 bits per heavy atom. The average Bonchev–Trinajstić information content (AvgIpc) is 2.60. The molecule has 2 rings (SSSR count). The van der Waals surface area contributed by atoms with Crippen molar-refractivity contribution in [1.29, 1.82) is 0 Å². The van der Waals surface area contributed by atoms with Gasteiger partial charge in [0.2, 0.25) is 0 Å². The summed E-state index contributed by atoms with van der Waals surface area (Å²) in [5.74, 6) is 0.264. The van der Waals surface area contributed by atoms with Crippen molar-refractivity contribution in [3.05, 3.63) is 65.7 Å². The lowest BCUT2D eigenvalue weighted by Crippen LogP contribution is -2.47. The largest absolute Gasteiger partial charge is 0.508 e. The van der Waals surface area contributed by atoms with E-state index in [1.54, 1.807) is 12.1 Å². The number of likely N-dealkylation sites (N-methyl/N-ethyl adjacent to an activating group) is 1. The van der Waals surface area contributed by atoms with Gasteiger partial charge in [-0.3, -0.25) is 0 Å². The maximum absolute atomic E-state index is 12.2. The van der Waals surface area contributed by atoms with E-state index in [1.165, 1.54) is 5.56 Å². The summed E-state index contributed by atoms with van der Waals surface area (Å²) in [7, 11) is 4.01. The third-order valence-corrected chi connectivity index (χ3v) is 4.40. The molecule has 0 aliphatic heterocycles. The van der Waals surface area contributed by atoms with Gasteiger partial charge in [-0.1, -0.05) is 42.5 Å². The second-order valence-electron chi connectivity index (χ2n) is 6.93. The van der Waals surface area contributed by atoms with E-state index in [2.05, 4.69) is 27.7 Å². The van der Waals surface area contributed by atoms with E-state index in [-0.39, 0.29) is 23.9 Å². The maximum atomic E-state index is 12.2. The molecular weight excluding hydrogens is 326 g/mol. The van der Waals surface area contributed by atoms with Crippen molar-refractivity contribution in [2.24, 2.45) is 0 Å². The second-order valence-corrected chi connectivity index (χ2v) is 6.93. The molecule has 0 radical (unpaired) electrons. The van der Waals surface area contributed by atoms with E-state index in [0.717, 1.165) is 18.4 Å². The number of amides is 2. The highest BCUT2D eigenvalue weighted by atomic mass is 16.3. The summed E-state index contributed by atoms with van der Waals surface area (Å²) in [6.45, 7) is 2.56. The number of phenolic OH excluding ortho intramolecular Hbond substituents is 1. The summed E-state index contributed by atoms with van der Waals surface area (Å²) >= 11 is 0. The quantitative estimate of drug-likeness (QED) is 0.682. The molecule has 0 spiro atoms. The van der Waals surface area contributed by atoms with Gasteiger partial charge in [-0.25, -0.2) is 4.79 Å². The number of rotatable bonds is 8. The van der Waals surface area contributed by atoms with Crippen molar-refractivity contribution in [2.75, 3.05) is 20.6 Å². The van der Waals surface area contributed by atoms with Crippen LogP contribution in [0.25, 0.3) is 0 Å². The molecule has 5 nitrogen and oxygen atoms in total. The van der Waals surface area contributed by atoms with Crippen LogP contribution in [-0.4, -0.2) is 48.8 Å². The fourth-order valence-corrected chi connectivity index (χ4v) is 2.85. The lowest BCUT2D eigenvalue weighted by atomic mass is 10.0. The van der Waals surface area contributed by atoms with E-state index < -0.39 is 0 Å². The molecule has 2 atom stereocenters. The van der Waals surface area contributed by atoms with Crippen LogP contribution in [0.4, 0.5) is 4.79 Å². The Kier molecular flexibility index (Phi) is 7.48. The van der Waals surface area contributed by atoms with E-state index in [1.807, 2.05) is 51.4 Å². The molecule has 0 heterocycles. The lowest BCUT2D eigenvalue weighted by molar-refractivity contribution is 0.229. The molecule has 0 saturated heterocycles. The van der Waals surface area contributed by atoms with Gasteiger partial charge in [0.15, 0.2) is 0 Å². The number of carbonyl (C=O) groups excluding carboxylic acids is 1. The standard InChI is InChI=1S/C21H29N3O2/c1-16(13-17-7-5-4-6-8-17)23-21(26)22-15-19(24(2)3)14-18-9-11-20(25)12-10-18/h4-12,16,19,25H,13-15H2,1-3H3,(H2,22,23,26)/t16-,19?/m0/s1. The third kappa shape index (κ3) is 6.76. The van der Waals surface area contributed by atoms with Crippen LogP contribution in [0.3, 0.4) is 0 Å². The number of phenols is 1. The lowest BCUT2D eigenvalue weighted by Gasteiger charge is -2.25. The highest BCUT2D eigenvalue weighted by molar-refractivity contribution is 5.74. The molecule has 2 aromatic rings. The molecule has 3 N–H and O–H groups in total. The van der Waals surface area contributed by atoms with Crippen LogP contribution in [0.2, 0.25) is 0 Å². The van der Waals surface area contributed by atoms with Crippen molar-refractivity contribution in [2.45, 2.75) is 31.8 Å². The molecule has 2 amide bonds. The Labute approximate surface area is 156 Å². The maximum Gasteiger partial charge on any atom is 0.315 e. The van der Waals surface area contributed by atoms with Crippen LogP contribution in [0, 0.1) is 0 Å². The number of carbonyl (C=O) groups is 1. The monoisotopic (exact) mass is 355 g/mol. The van der Waals surface area contributed by atoms with Crippen LogP contribution in [0.1, 0.15) is 18.1 Å². The predicted molar refractivity (Wildman–Crippen MR) is 105 cm³/mol. The zero-order valence-corrected chi connectivity index (χ0v) is 15.8. The van der Waals surface area contributed by atoms with Crippen LogP contribution in [-0.2, 0) is 12.8 Å². The molecule has 26 heavy (non-hydrogen) atoms. The summed E-state index contributed by atoms with van der Waals surface area (Å²) in [6, 6.07) is 17.4. The molecule has 0 bridgehead atoms. The summed E-state index contributed by atoms with van der Waals surface area (Å²) < 4.78 is 0. The minimum atomic E-state index is -0.147. The smallest absolute Gasteiger partial charge is 0.315 e. The normalized spacial score (nSPS) is 13.2. The van der Waals surface area contributed by atoms with Crippen molar-refractivity contribution in [3.8, 4) is 5.75 Å². The molecule has 5 heteroatoms. The second kappa shape index (κ2) is 9.82. The number of benzene rings is 2. The Bertz CT molecular complexity index is 671. The third-order valence-electron chi connectivity index (χ3n) is 4.40. The molecule has 0 aliphatic carbocycles. The van der Waals surface area contributed by atoms with Crippen molar-refractivity contribution in [1.82, 2.24) is 15.5 Å². The Morgan fingerprint density at radius 2 is 1.62 bits per heavy atom. The number of nitrogens with zero attached hydrogens (tertiary/aromatic N) is 1. The van der Waals surface area contributed by atoms with Crippen LogP contribution in [0.15, 0.2) is 54.6 Å². The van der Waals surface area contributed by atoms with Crippen LogP contribution < -0.4 is 10.6 Å². The summed E-state index contributed by atoms with van der Waals surface area (Å²) in [5, 5.41) is 15.4. The first-order chi connectivity index (χ1) is 12.4. The number of nitrogens with one attached hydrogen (secondary N) is 2. The van der Waals surface area contributed by atoms with Crippen molar-refractivity contribution >= 4 is 6.03 Å². The van der Waals surface area contributed by atoms with Crippen LogP contribution >= 0.6 is 0 Å². The first-order valence-corrected chi connectivity index (χ1v) is 8.96. The molecule has 0 saturated carbocycles. The Morgan fingerprint density at radius 1 is 1.00 bits per heavy atom. The van der Waals surface area contributed by atoms with Gasteiger partial charge in [-0.05, 0) is 57.1 Å². The van der Waals surface area contributed by atoms with Crippen molar-refractivity contribution < 1.29 is 9.90 Å². The first-order valence-electron chi connectivity index (χ1n) is 8.96. The molecule has 0 aliphatic rings.